The van der Waals surface area contributed by atoms with E-state index in [-0.39, 0.29) is 24.5 Å². The van der Waals surface area contributed by atoms with Crippen LogP contribution in [0.3, 0.4) is 0 Å². The van der Waals surface area contributed by atoms with E-state index in [2.05, 4.69) is 18.3 Å². The van der Waals surface area contributed by atoms with Crippen molar-refractivity contribution in [3.8, 4) is 6.07 Å². The highest BCUT2D eigenvalue weighted by atomic mass is 16.5. The number of carbonyl (C=O) groups excluding carboxylic acids is 1. The lowest BCUT2D eigenvalue weighted by molar-refractivity contribution is -0.129. The van der Waals surface area contributed by atoms with Crippen molar-refractivity contribution < 1.29 is 14.3 Å². The fourth-order valence-corrected chi connectivity index (χ4v) is 3.01. The Balaban J connectivity index is 1.70. The first-order valence-corrected chi connectivity index (χ1v) is 7.57. The number of rotatable bonds is 5. The Bertz CT molecular complexity index is 361. The second-order valence-electron chi connectivity index (χ2n) is 6.00. The molecule has 0 unspecified atom stereocenters. The zero-order valence-corrected chi connectivity index (χ0v) is 12.1. The highest BCUT2D eigenvalue weighted by Crippen LogP contribution is 2.25. The summed E-state index contributed by atoms with van der Waals surface area (Å²) in [5.41, 5.74) is 0. The third kappa shape index (κ3) is 4.46. The molecule has 20 heavy (non-hydrogen) atoms. The van der Waals surface area contributed by atoms with Gasteiger partial charge >= 0.3 is 0 Å². The lowest BCUT2D eigenvalue weighted by Crippen LogP contribution is -2.42. The summed E-state index contributed by atoms with van der Waals surface area (Å²) in [6.07, 6.45) is 5.53. The Morgan fingerprint density at radius 2 is 2.35 bits per heavy atom. The molecule has 1 amide bonds. The van der Waals surface area contributed by atoms with Crippen LogP contribution in [0.5, 0.6) is 0 Å². The molecule has 112 valence electrons. The van der Waals surface area contributed by atoms with Crippen molar-refractivity contribution in [3.05, 3.63) is 0 Å². The van der Waals surface area contributed by atoms with Crippen LogP contribution in [0.25, 0.3) is 0 Å². The average Bonchev–Trinajstić information content (AvgIpc) is 2.96. The number of ether oxygens (including phenoxy) is 2. The summed E-state index contributed by atoms with van der Waals surface area (Å²) in [6, 6.07) is 1.69. The van der Waals surface area contributed by atoms with Crippen LogP contribution in [0, 0.1) is 23.2 Å². The summed E-state index contributed by atoms with van der Waals surface area (Å²) in [5.74, 6) is 0.597. The van der Waals surface area contributed by atoms with Gasteiger partial charge in [-0.25, -0.2) is 0 Å². The molecule has 1 aliphatic heterocycles. The zero-order valence-electron chi connectivity index (χ0n) is 12.1. The van der Waals surface area contributed by atoms with Gasteiger partial charge in [-0.1, -0.05) is 19.8 Å². The largest absolute Gasteiger partial charge is 0.381 e. The SMILES string of the molecule is C[C@@H]1CCC[C@H](OCC(=O)N[C@H](C#N)[C@@H]2CCOC2)C1. The Kier molecular flexibility index (Phi) is 5.81. The molecule has 0 radical (unpaired) electrons. The van der Waals surface area contributed by atoms with E-state index in [0.29, 0.717) is 19.1 Å². The molecular formula is C15H24N2O3. The maximum atomic E-state index is 11.9. The molecule has 0 aromatic rings. The number of hydrogen-bond donors (Lipinski definition) is 1. The minimum atomic E-state index is -0.459. The van der Waals surface area contributed by atoms with E-state index >= 15 is 0 Å². The summed E-state index contributed by atoms with van der Waals surface area (Å²) >= 11 is 0. The van der Waals surface area contributed by atoms with Crippen molar-refractivity contribution in [2.24, 2.45) is 11.8 Å². The van der Waals surface area contributed by atoms with Crippen molar-refractivity contribution in [3.63, 3.8) is 0 Å². The second-order valence-corrected chi connectivity index (χ2v) is 6.00. The third-order valence-electron chi connectivity index (χ3n) is 4.23. The lowest BCUT2D eigenvalue weighted by Gasteiger charge is -2.26. The quantitative estimate of drug-likeness (QED) is 0.831. The van der Waals surface area contributed by atoms with Crippen molar-refractivity contribution in [2.75, 3.05) is 19.8 Å². The van der Waals surface area contributed by atoms with Crippen LogP contribution in [-0.4, -0.2) is 37.9 Å². The Morgan fingerprint density at radius 1 is 1.50 bits per heavy atom. The number of hydrogen-bond acceptors (Lipinski definition) is 4. The zero-order chi connectivity index (χ0) is 14.4. The van der Waals surface area contributed by atoms with Crippen LogP contribution in [0.1, 0.15) is 39.0 Å². The van der Waals surface area contributed by atoms with Gasteiger partial charge in [0.1, 0.15) is 12.6 Å². The molecule has 1 aliphatic carbocycles. The van der Waals surface area contributed by atoms with Gasteiger partial charge in [-0.3, -0.25) is 4.79 Å². The second kappa shape index (κ2) is 7.61. The molecule has 2 rings (SSSR count). The van der Waals surface area contributed by atoms with Crippen molar-refractivity contribution in [1.29, 1.82) is 5.26 Å². The number of nitrogens with zero attached hydrogens (tertiary/aromatic N) is 1. The molecule has 0 aromatic carbocycles. The Hall–Kier alpha value is -1.12. The highest BCUT2D eigenvalue weighted by Gasteiger charge is 2.27. The molecule has 1 saturated heterocycles. The molecule has 0 aromatic heterocycles. The molecule has 4 atom stereocenters. The normalized spacial score (nSPS) is 31.5. The van der Waals surface area contributed by atoms with E-state index in [1.807, 2.05) is 0 Å². The van der Waals surface area contributed by atoms with Crippen molar-refractivity contribution in [1.82, 2.24) is 5.32 Å². The Labute approximate surface area is 120 Å². The Morgan fingerprint density at radius 3 is 3.00 bits per heavy atom. The van der Waals surface area contributed by atoms with Gasteiger partial charge in [-0.2, -0.15) is 5.26 Å². The summed E-state index contributed by atoms with van der Waals surface area (Å²) in [7, 11) is 0. The van der Waals surface area contributed by atoms with Gasteiger partial charge in [-0.15, -0.1) is 0 Å². The minimum Gasteiger partial charge on any atom is -0.381 e. The number of nitriles is 1. The average molecular weight is 280 g/mol. The van der Waals surface area contributed by atoms with Crippen LogP contribution in [0.2, 0.25) is 0 Å². The van der Waals surface area contributed by atoms with Crippen molar-refractivity contribution in [2.45, 2.75) is 51.2 Å². The monoisotopic (exact) mass is 280 g/mol. The minimum absolute atomic E-state index is 0.0587. The smallest absolute Gasteiger partial charge is 0.247 e. The van der Waals surface area contributed by atoms with Gasteiger partial charge in [0, 0.05) is 12.5 Å². The fourth-order valence-electron chi connectivity index (χ4n) is 3.01. The standard InChI is InChI=1S/C15H24N2O3/c1-11-3-2-4-13(7-11)20-10-15(18)17-14(8-16)12-5-6-19-9-12/h11-14H,2-7,9-10H2,1H3,(H,17,18)/t11-,12-,13+,14-/m1/s1. The fraction of sp³-hybridized carbons (Fsp3) is 0.867. The summed E-state index contributed by atoms with van der Waals surface area (Å²) in [4.78, 5) is 11.9. The van der Waals surface area contributed by atoms with Crippen LogP contribution < -0.4 is 5.32 Å². The number of nitrogens with one attached hydrogen (secondary N) is 1. The maximum Gasteiger partial charge on any atom is 0.247 e. The van der Waals surface area contributed by atoms with Crippen molar-refractivity contribution >= 4 is 5.91 Å². The van der Waals surface area contributed by atoms with E-state index in [1.54, 1.807) is 0 Å². The van der Waals surface area contributed by atoms with Crippen LogP contribution in [0.15, 0.2) is 0 Å². The molecular weight excluding hydrogens is 256 g/mol. The molecule has 0 bridgehead atoms. The molecule has 1 saturated carbocycles. The van der Waals surface area contributed by atoms with Crippen LogP contribution in [-0.2, 0) is 14.3 Å². The van der Waals surface area contributed by atoms with E-state index in [0.717, 1.165) is 19.3 Å². The van der Waals surface area contributed by atoms with Crippen LogP contribution >= 0.6 is 0 Å². The molecule has 1 heterocycles. The third-order valence-corrected chi connectivity index (χ3v) is 4.23. The van der Waals surface area contributed by atoms with E-state index < -0.39 is 6.04 Å². The summed E-state index contributed by atoms with van der Waals surface area (Å²) in [6.45, 7) is 3.51. The van der Waals surface area contributed by atoms with Gasteiger partial charge in [0.25, 0.3) is 0 Å². The molecule has 2 fully saturated rings. The molecule has 5 heteroatoms. The molecule has 2 aliphatic rings. The highest BCUT2D eigenvalue weighted by molar-refractivity contribution is 5.77. The molecule has 0 spiro atoms. The van der Waals surface area contributed by atoms with E-state index in [9.17, 15) is 4.79 Å². The van der Waals surface area contributed by atoms with Gasteiger partial charge in [-0.05, 0) is 25.2 Å². The predicted octanol–water partition coefficient (Wildman–Crippen LogP) is 1.63. The van der Waals surface area contributed by atoms with Crippen LogP contribution in [0.4, 0.5) is 0 Å². The van der Waals surface area contributed by atoms with Gasteiger partial charge in [0.05, 0.1) is 18.8 Å². The number of amides is 1. The first kappa shape index (κ1) is 15.3. The maximum absolute atomic E-state index is 11.9. The first-order chi connectivity index (χ1) is 9.69. The topological polar surface area (TPSA) is 71.3 Å². The number of carbonyl (C=O) groups is 1. The van der Waals surface area contributed by atoms with Gasteiger partial charge in [0.2, 0.25) is 5.91 Å². The summed E-state index contributed by atoms with van der Waals surface area (Å²) < 4.78 is 10.9. The lowest BCUT2D eigenvalue weighted by atomic mass is 9.89. The molecule has 1 N–H and O–H groups in total. The first-order valence-electron chi connectivity index (χ1n) is 7.57. The predicted molar refractivity (Wildman–Crippen MR) is 73.8 cm³/mol. The van der Waals surface area contributed by atoms with E-state index in [4.69, 9.17) is 14.7 Å². The van der Waals surface area contributed by atoms with E-state index in [1.165, 1.54) is 12.8 Å². The summed E-state index contributed by atoms with van der Waals surface area (Å²) in [5, 5.41) is 11.9. The molecule has 5 nitrogen and oxygen atoms in total. The van der Waals surface area contributed by atoms with Gasteiger partial charge in [0.15, 0.2) is 0 Å². The van der Waals surface area contributed by atoms with Gasteiger partial charge < -0.3 is 14.8 Å².